The van der Waals surface area contributed by atoms with E-state index in [1.54, 1.807) is 32.9 Å². The van der Waals surface area contributed by atoms with Gasteiger partial charge in [-0.1, -0.05) is 19.1 Å². The molecule has 0 aliphatic rings. The Bertz CT molecular complexity index is 878. The van der Waals surface area contributed by atoms with Crippen molar-refractivity contribution in [2.75, 3.05) is 10.6 Å². The van der Waals surface area contributed by atoms with Gasteiger partial charge in [-0.3, -0.25) is 4.79 Å². The first kappa shape index (κ1) is 20.9. The zero-order chi connectivity index (χ0) is 20.0. The molecule has 0 bridgehead atoms. The van der Waals surface area contributed by atoms with Crippen LogP contribution in [-0.2, 0) is 21.2 Å². The first-order valence-corrected chi connectivity index (χ1v) is 10.5. The van der Waals surface area contributed by atoms with Crippen LogP contribution in [0.4, 0.5) is 11.4 Å². The van der Waals surface area contributed by atoms with E-state index in [1.807, 2.05) is 24.3 Å². The average molecular weight is 390 g/mol. The lowest BCUT2D eigenvalue weighted by atomic mass is 10.1. The number of amides is 1. The van der Waals surface area contributed by atoms with Crippen molar-refractivity contribution < 1.29 is 13.2 Å². The van der Waals surface area contributed by atoms with Gasteiger partial charge >= 0.3 is 0 Å². The van der Waals surface area contributed by atoms with Crippen molar-refractivity contribution in [1.29, 1.82) is 0 Å². The van der Waals surface area contributed by atoms with Gasteiger partial charge in [0, 0.05) is 17.4 Å². The largest absolute Gasteiger partial charge is 0.374 e. The minimum Gasteiger partial charge on any atom is -0.374 e. The Balaban J connectivity index is 2.00. The Morgan fingerprint density at radius 3 is 2.26 bits per heavy atom. The van der Waals surface area contributed by atoms with Crippen molar-refractivity contribution in [3.05, 3.63) is 54.1 Å². The predicted molar refractivity (Wildman–Crippen MR) is 109 cm³/mol. The first-order valence-electron chi connectivity index (χ1n) is 9.00. The molecule has 1 atom stereocenters. The van der Waals surface area contributed by atoms with Gasteiger partial charge in [-0.05, 0) is 69.2 Å². The third kappa shape index (κ3) is 6.08. The van der Waals surface area contributed by atoms with E-state index >= 15 is 0 Å². The molecule has 0 spiro atoms. The Hall–Kier alpha value is -2.38. The molecule has 146 valence electrons. The highest BCUT2D eigenvalue weighted by atomic mass is 32.2. The second-order valence-corrected chi connectivity index (χ2v) is 8.42. The van der Waals surface area contributed by atoms with Crippen LogP contribution < -0.4 is 15.4 Å². The van der Waals surface area contributed by atoms with Gasteiger partial charge in [0.25, 0.3) is 0 Å². The first-order chi connectivity index (χ1) is 12.7. The highest BCUT2D eigenvalue weighted by Gasteiger charge is 2.16. The van der Waals surface area contributed by atoms with Crippen LogP contribution in [0.25, 0.3) is 0 Å². The van der Waals surface area contributed by atoms with Gasteiger partial charge in [-0.15, -0.1) is 0 Å². The second kappa shape index (κ2) is 9.01. The van der Waals surface area contributed by atoms with Gasteiger partial charge in [0.05, 0.1) is 4.90 Å². The van der Waals surface area contributed by atoms with Crippen LogP contribution in [0.2, 0.25) is 0 Å². The molecule has 0 aliphatic heterocycles. The molecule has 1 amide bonds. The smallest absolute Gasteiger partial charge is 0.246 e. The number of carbonyl (C=O) groups excluding carboxylic acids is 1. The highest BCUT2D eigenvalue weighted by Crippen LogP contribution is 2.16. The summed E-state index contributed by atoms with van der Waals surface area (Å²) in [5.41, 5.74) is 2.62. The lowest BCUT2D eigenvalue weighted by Crippen LogP contribution is -2.32. The SMILES string of the molecule is CCc1cccc(N[C@H](C)C(=O)Nc2ccc(S(=O)(=O)NC(C)C)cc2)c1. The maximum atomic E-state index is 12.4. The minimum absolute atomic E-state index is 0.164. The normalized spacial score (nSPS) is 12.6. The van der Waals surface area contributed by atoms with Crippen LogP contribution >= 0.6 is 0 Å². The number of rotatable bonds is 8. The number of nitrogens with one attached hydrogen (secondary N) is 3. The molecule has 0 saturated carbocycles. The van der Waals surface area contributed by atoms with Gasteiger partial charge in [0.15, 0.2) is 0 Å². The van der Waals surface area contributed by atoms with Crippen molar-refractivity contribution in [3.63, 3.8) is 0 Å². The number of benzene rings is 2. The summed E-state index contributed by atoms with van der Waals surface area (Å²) in [5.74, 6) is -0.201. The molecule has 0 fully saturated rings. The lowest BCUT2D eigenvalue weighted by molar-refractivity contribution is -0.116. The van der Waals surface area contributed by atoms with Gasteiger partial charge in [0.1, 0.15) is 6.04 Å². The fourth-order valence-corrected chi connectivity index (χ4v) is 3.79. The molecule has 0 heterocycles. The van der Waals surface area contributed by atoms with Crippen molar-refractivity contribution in [3.8, 4) is 0 Å². The van der Waals surface area contributed by atoms with E-state index < -0.39 is 16.1 Å². The zero-order valence-corrected chi connectivity index (χ0v) is 16.9. The molecule has 0 radical (unpaired) electrons. The second-order valence-electron chi connectivity index (χ2n) is 6.71. The summed E-state index contributed by atoms with van der Waals surface area (Å²) in [4.78, 5) is 12.6. The summed E-state index contributed by atoms with van der Waals surface area (Å²) in [6.07, 6.45) is 0.928. The lowest BCUT2D eigenvalue weighted by Gasteiger charge is -2.16. The third-order valence-corrected chi connectivity index (χ3v) is 5.61. The molecule has 3 N–H and O–H groups in total. The summed E-state index contributed by atoms with van der Waals surface area (Å²) in [6, 6.07) is 13.4. The van der Waals surface area contributed by atoms with Crippen molar-refractivity contribution in [1.82, 2.24) is 4.72 Å². The third-order valence-electron chi connectivity index (χ3n) is 3.93. The van der Waals surface area contributed by atoms with Gasteiger partial charge < -0.3 is 10.6 Å². The Morgan fingerprint density at radius 2 is 1.67 bits per heavy atom. The summed E-state index contributed by atoms with van der Waals surface area (Å²) in [6.45, 7) is 7.38. The molecule has 7 heteroatoms. The van der Waals surface area contributed by atoms with E-state index in [0.717, 1.165) is 12.1 Å². The van der Waals surface area contributed by atoms with Gasteiger partial charge in [-0.25, -0.2) is 13.1 Å². The summed E-state index contributed by atoms with van der Waals surface area (Å²) < 4.78 is 26.8. The molecule has 0 aliphatic carbocycles. The number of aryl methyl sites for hydroxylation is 1. The quantitative estimate of drug-likeness (QED) is 0.646. The number of hydrogen-bond donors (Lipinski definition) is 3. The van der Waals surface area contributed by atoms with E-state index in [1.165, 1.54) is 17.7 Å². The maximum absolute atomic E-state index is 12.4. The summed E-state index contributed by atoms with van der Waals surface area (Å²) in [5, 5.41) is 5.97. The highest BCUT2D eigenvalue weighted by molar-refractivity contribution is 7.89. The predicted octanol–water partition coefficient (Wildman–Crippen LogP) is 3.37. The monoisotopic (exact) mass is 389 g/mol. The Morgan fingerprint density at radius 1 is 1.00 bits per heavy atom. The van der Waals surface area contributed by atoms with Crippen LogP contribution in [-0.4, -0.2) is 26.4 Å². The topological polar surface area (TPSA) is 87.3 Å². The van der Waals surface area contributed by atoms with E-state index in [4.69, 9.17) is 0 Å². The molecule has 2 aromatic carbocycles. The van der Waals surface area contributed by atoms with Crippen molar-refractivity contribution >= 4 is 27.3 Å². The fourth-order valence-electron chi connectivity index (χ4n) is 2.54. The molecule has 2 rings (SSSR count). The van der Waals surface area contributed by atoms with Crippen LogP contribution in [0.5, 0.6) is 0 Å². The zero-order valence-electron chi connectivity index (χ0n) is 16.1. The molecule has 0 aromatic heterocycles. The van der Waals surface area contributed by atoms with Crippen LogP contribution in [0.3, 0.4) is 0 Å². The molecular weight excluding hydrogens is 362 g/mol. The van der Waals surface area contributed by atoms with E-state index in [0.29, 0.717) is 5.69 Å². The van der Waals surface area contributed by atoms with Crippen molar-refractivity contribution in [2.24, 2.45) is 0 Å². The van der Waals surface area contributed by atoms with Crippen LogP contribution in [0, 0.1) is 0 Å². The van der Waals surface area contributed by atoms with E-state index in [9.17, 15) is 13.2 Å². The molecule has 27 heavy (non-hydrogen) atoms. The molecule has 2 aromatic rings. The fraction of sp³-hybridized carbons (Fsp3) is 0.350. The average Bonchev–Trinajstić information content (AvgIpc) is 2.61. The van der Waals surface area contributed by atoms with Crippen molar-refractivity contribution in [2.45, 2.75) is 51.1 Å². The van der Waals surface area contributed by atoms with E-state index in [-0.39, 0.29) is 16.8 Å². The number of sulfonamides is 1. The summed E-state index contributed by atoms with van der Waals surface area (Å²) in [7, 11) is -3.54. The Kier molecular flexibility index (Phi) is 6.98. The summed E-state index contributed by atoms with van der Waals surface area (Å²) >= 11 is 0. The molecule has 0 saturated heterocycles. The Labute approximate surface area is 161 Å². The molecular formula is C20H27N3O3S. The van der Waals surface area contributed by atoms with Crippen LogP contribution in [0.1, 0.15) is 33.3 Å². The van der Waals surface area contributed by atoms with Crippen LogP contribution in [0.15, 0.2) is 53.4 Å². The number of anilines is 2. The van der Waals surface area contributed by atoms with Gasteiger partial charge in [-0.2, -0.15) is 0 Å². The van der Waals surface area contributed by atoms with E-state index in [2.05, 4.69) is 22.3 Å². The molecule has 6 nitrogen and oxygen atoms in total. The van der Waals surface area contributed by atoms with Gasteiger partial charge in [0.2, 0.25) is 15.9 Å². The standard InChI is InChI=1S/C20H27N3O3S/c1-5-16-7-6-8-18(13-16)21-15(4)20(24)22-17-9-11-19(12-10-17)27(25,26)23-14(2)3/h6-15,21,23H,5H2,1-4H3,(H,22,24)/t15-/m1/s1. The maximum Gasteiger partial charge on any atom is 0.246 e. The number of hydrogen-bond acceptors (Lipinski definition) is 4. The minimum atomic E-state index is -3.54. The molecule has 0 unspecified atom stereocenters. The number of carbonyl (C=O) groups is 1.